The highest BCUT2D eigenvalue weighted by molar-refractivity contribution is 6.02. The number of hydrogen-bond donors (Lipinski definition) is 2. The van der Waals surface area contributed by atoms with Crippen LogP contribution in [0, 0.1) is 0 Å². The van der Waals surface area contributed by atoms with Crippen molar-refractivity contribution in [1.29, 1.82) is 0 Å². The molecule has 9 nitrogen and oxygen atoms in total. The SMILES string of the molecule is COc1nc(NCc2cccc(NC(=O)c3ccco3)c2)nc(N2CCCCCC2)n1. The number of aromatic nitrogens is 3. The third-order valence-corrected chi connectivity index (χ3v) is 5.06. The summed E-state index contributed by atoms with van der Waals surface area (Å²) in [6.45, 7) is 2.35. The van der Waals surface area contributed by atoms with E-state index >= 15 is 0 Å². The van der Waals surface area contributed by atoms with Gasteiger partial charge in [0.05, 0.1) is 13.4 Å². The van der Waals surface area contributed by atoms with Gasteiger partial charge in [0.2, 0.25) is 11.9 Å². The van der Waals surface area contributed by atoms with E-state index in [2.05, 4.69) is 30.5 Å². The van der Waals surface area contributed by atoms with Crippen LogP contribution in [-0.2, 0) is 6.54 Å². The van der Waals surface area contributed by atoms with Crippen molar-refractivity contribution < 1.29 is 13.9 Å². The molecule has 9 heteroatoms. The molecule has 4 rings (SSSR count). The van der Waals surface area contributed by atoms with Gasteiger partial charge in [-0.2, -0.15) is 15.0 Å². The first-order valence-corrected chi connectivity index (χ1v) is 10.4. The highest BCUT2D eigenvalue weighted by Crippen LogP contribution is 2.20. The standard InChI is InChI=1S/C22H26N6O3/c1-30-22-26-20(25-21(27-22)28-11-4-2-3-5-12-28)23-15-16-8-6-9-17(14-16)24-19(29)18-10-7-13-31-18/h6-10,13-14H,2-5,11-12,15H2,1H3,(H,24,29)(H,23,25,26,27). The quantitative estimate of drug-likeness (QED) is 0.594. The van der Waals surface area contributed by atoms with E-state index in [0.29, 0.717) is 24.1 Å². The number of carbonyl (C=O) groups excluding carboxylic acids is 1. The maximum Gasteiger partial charge on any atom is 0.322 e. The lowest BCUT2D eigenvalue weighted by Crippen LogP contribution is -2.26. The van der Waals surface area contributed by atoms with E-state index in [-0.39, 0.29) is 17.7 Å². The smallest absolute Gasteiger partial charge is 0.322 e. The van der Waals surface area contributed by atoms with Crippen LogP contribution in [0.5, 0.6) is 6.01 Å². The zero-order valence-electron chi connectivity index (χ0n) is 17.5. The predicted octanol–water partition coefficient (Wildman–Crippen LogP) is 3.72. The van der Waals surface area contributed by atoms with Crippen LogP contribution in [0.15, 0.2) is 47.1 Å². The Bertz CT molecular complexity index is 1000. The molecular weight excluding hydrogens is 396 g/mol. The van der Waals surface area contributed by atoms with Gasteiger partial charge in [-0.15, -0.1) is 0 Å². The minimum atomic E-state index is -0.292. The van der Waals surface area contributed by atoms with Crippen molar-refractivity contribution in [2.45, 2.75) is 32.2 Å². The van der Waals surface area contributed by atoms with E-state index in [1.54, 1.807) is 19.2 Å². The summed E-state index contributed by atoms with van der Waals surface area (Å²) in [7, 11) is 1.55. The molecule has 3 heterocycles. The van der Waals surface area contributed by atoms with Crippen LogP contribution in [0.3, 0.4) is 0 Å². The number of methoxy groups -OCH3 is 1. The maximum atomic E-state index is 12.2. The molecule has 1 aromatic carbocycles. The number of rotatable bonds is 7. The van der Waals surface area contributed by atoms with Crippen LogP contribution in [0.25, 0.3) is 0 Å². The largest absolute Gasteiger partial charge is 0.467 e. The number of anilines is 3. The molecule has 0 unspecified atom stereocenters. The summed E-state index contributed by atoms with van der Waals surface area (Å²) in [4.78, 5) is 27.7. The van der Waals surface area contributed by atoms with Crippen molar-refractivity contribution in [3.05, 3.63) is 54.0 Å². The molecule has 3 aromatic rings. The van der Waals surface area contributed by atoms with E-state index in [0.717, 1.165) is 31.5 Å². The Morgan fingerprint density at radius 3 is 2.68 bits per heavy atom. The van der Waals surface area contributed by atoms with Gasteiger partial charge in [-0.25, -0.2) is 0 Å². The molecule has 31 heavy (non-hydrogen) atoms. The topological polar surface area (TPSA) is 105 Å². The Balaban J connectivity index is 1.43. The van der Waals surface area contributed by atoms with Crippen molar-refractivity contribution in [1.82, 2.24) is 15.0 Å². The molecule has 1 fully saturated rings. The van der Waals surface area contributed by atoms with E-state index in [4.69, 9.17) is 9.15 Å². The highest BCUT2D eigenvalue weighted by atomic mass is 16.5. The first kappa shape index (κ1) is 20.6. The molecule has 2 aromatic heterocycles. The Labute approximate surface area is 180 Å². The molecule has 1 amide bonds. The number of nitrogens with one attached hydrogen (secondary N) is 2. The van der Waals surface area contributed by atoms with Crippen LogP contribution >= 0.6 is 0 Å². The highest BCUT2D eigenvalue weighted by Gasteiger charge is 2.16. The molecule has 1 aliphatic heterocycles. The van der Waals surface area contributed by atoms with Gasteiger partial charge in [-0.1, -0.05) is 25.0 Å². The van der Waals surface area contributed by atoms with Crippen molar-refractivity contribution in [2.24, 2.45) is 0 Å². The van der Waals surface area contributed by atoms with Crippen molar-refractivity contribution in [2.75, 3.05) is 35.7 Å². The summed E-state index contributed by atoms with van der Waals surface area (Å²) in [5.41, 5.74) is 1.65. The molecule has 162 valence electrons. The summed E-state index contributed by atoms with van der Waals surface area (Å²) in [6, 6.07) is 11.1. The van der Waals surface area contributed by atoms with E-state index in [1.807, 2.05) is 24.3 Å². The van der Waals surface area contributed by atoms with Gasteiger partial charge in [0, 0.05) is 25.3 Å². The summed E-state index contributed by atoms with van der Waals surface area (Å²) < 4.78 is 10.4. The average molecular weight is 422 g/mol. The fraction of sp³-hybridized carbons (Fsp3) is 0.364. The maximum absolute atomic E-state index is 12.2. The van der Waals surface area contributed by atoms with Gasteiger partial charge in [0.25, 0.3) is 5.91 Å². The van der Waals surface area contributed by atoms with Gasteiger partial charge in [0.15, 0.2) is 5.76 Å². The van der Waals surface area contributed by atoms with Crippen molar-refractivity contribution in [3.8, 4) is 6.01 Å². The Morgan fingerprint density at radius 2 is 1.94 bits per heavy atom. The first-order valence-electron chi connectivity index (χ1n) is 10.4. The summed E-state index contributed by atoms with van der Waals surface area (Å²) >= 11 is 0. The first-order chi connectivity index (χ1) is 15.2. The van der Waals surface area contributed by atoms with Gasteiger partial charge < -0.3 is 24.7 Å². The van der Waals surface area contributed by atoms with Crippen LogP contribution in [0.2, 0.25) is 0 Å². The summed E-state index contributed by atoms with van der Waals surface area (Å²) in [5.74, 6) is 1.06. The zero-order chi connectivity index (χ0) is 21.5. The average Bonchev–Trinajstić information content (AvgIpc) is 3.20. The molecule has 0 radical (unpaired) electrons. The number of benzene rings is 1. The second kappa shape index (κ2) is 9.92. The number of furan rings is 1. The van der Waals surface area contributed by atoms with Crippen LogP contribution in [0.1, 0.15) is 41.8 Å². The second-order valence-electron chi connectivity index (χ2n) is 7.33. The fourth-order valence-corrected chi connectivity index (χ4v) is 3.47. The molecule has 2 N–H and O–H groups in total. The fourth-order valence-electron chi connectivity index (χ4n) is 3.47. The predicted molar refractivity (Wildman–Crippen MR) is 117 cm³/mol. The number of ether oxygens (including phenoxy) is 1. The number of carbonyl (C=O) groups is 1. The van der Waals surface area contributed by atoms with E-state index in [9.17, 15) is 4.79 Å². The van der Waals surface area contributed by atoms with Crippen molar-refractivity contribution in [3.63, 3.8) is 0 Å². The third-order valence-electron chi connectivity index (χ3n) is 5.06. The van der Waals surface area contributed by atoms with Gasteiger partial charge >= 0.3 is 6.01 Å². The lowest BCUT2D eigenvalue weighted by atomic mass is 10.2. The molecule has 1 aliphatic rings. The van der Waals surface area contributed by atoms with Crippen molar-refractivity contribution >= 4 is 23.5 Å². The molecule has 0 aliphatic carbocycles. The number of hydrogen-bond acceptors (Lipinski definition) is 8. The zero-order valence-corrected chi connectivity index (χ0v) is 17.5. The minimum absolute atomic E-state index is 0.266. The van der Waals surface area contributed by atoms with Crippen LogP contribution in [-0.4, -0.2) is 41.1 Å². The number of amides is 1. The lowest BCUT2D eigenvalue weighted by Gasteiger charge is -2.20. The normalized spacial score (nSPS) is 14.0. The summed E-state index contributed by atoms with van der Waals surface area (Å²) in [6.07, 6.45) is 6.20. The van der Waals surface area contributed by atoms with Gasteiger partial charge in [-0.3, -0.25) is 4.79 Å². The third kappa shape index (κ3) is 5.50. The summed E-state index contributed by atoms with van der Waals surface area (Å²) in [5, 5.41) is 6.07. The Hall–Kier alpha value is -3.62. The van der Waals surface area contributed by atoms with Crippen LogP contribution < -0.4 is 20.3 Å². The monoisotopic (exact) mass is 422 g/mol. The molecule has 0 atom stereocenters. The molecule has 0 spiro atoms. The van der Waals surface area contributed by atoms with Gasteiger partial charge in [0.1, 0.15) is 0 Å². The second-order valence-corrected chi connectivity index (χ2v) is 7.33. The molecule has 0 saturated carbocycles. The van der Waals surface area contributed by atoms with E-state index in [1.165, 1.54) is 19.1 Å². The minimum Gasteiger partial charge on any atom is -0.467 e. The van der Waals surface area contributed by atoms with Crippen LogP contribution in [0.4, 0.5) is 17.6 Å². The molecule has 0 bridgehead atoms. The van der Waals surface area contributed by atoms with Gasteiger partial charge in [-0.05, 0) is 42.7 Å². The number of nitrogens with zero attached hydrogens (tertiary/aromatic N) is 4. The lowest BCUT2D eigenvalue weighted by molar-refractivity contribution is 0.0996. The Kier molecular flexibility index (Phi) is 6.61. The Morgan fingerprint density at radius 1 is 1.10 bits per heavy atom. The molecule has 1 saturated heterocycles. The van der Waals surface area contributed by atoms with E-state index < -0.39 is 0 Å². The molecular formula is C22H26N6O3.